The molecule has 23 heavy (non-hydrogen) atoms. The van der Waals surface area contributed by atoms with Gasteiger partial charge in [0.05, 0.1) is 13.0 Å². The lowest BCUT2D eigenvalue weighted by Gasteiger charge is -2.36. The van der Waals surface area contributed by atoms with Crippen molar-refractivity contribution in [2.75, 3.05) is 20.2 Å². The minimum atomic E-state index is -0.268. The van der Waals surface area contributed by atoms with E-state index in [1.54, 1.807) is 0 Å². The number of hydrogen-bond acceptors (Lipinski definition) is 4. The number of nitrogens with one attached hydrogen (secondary N) is 1. The molecule has 2 fully saturated rings. The van der Waals surface area contributed by atoms with Crippen molar-refractivity contribution in [1.29, 1.82) is 0 Å². The topological polar surface area (TPSA) is 58.6 Å². The molecule has 5 heteroatoms. The van der Waals surface area contributed by atoms with Gasteiger partial charge in [-0.3, -0.25) is 14.5 Å². The minimum absolute atomic E-state index is 0.0424. The van der Waals surface area contributed by atoms with Crippen LogP contribution >= 0.6 is 0 Å². The van der Waals surface area contributed by atoms with Gasteiger partial charge in [0, 0.05) is 19.1 Å². The number of nitrogens with zero attached hydrogens (tertiary/aromatic N) is 1. The molecule has 1 amide bonds. The minimum Gasteiger partial charge on any atom is -0.469 e. The van der Waals surface area contributed by atoms with Crippen molar-refractivity contribution in [3.8, 4) is 0 Å². The average molecular weight is 316 g/mol. The summed E-state index contributed by atoms with van der Waals surface area (Å²) in [6.45, 7) is 1.47. The van der Waals surface area contributed by atoms with Crippen LogP contribution in [0.4, 0.5) is 0 Å². The average Bonchev–Trinajstić information content (AvgIpc) is 3.40. The van der Waals surface area contributed by atoms with Gasteiger partial charge in [-0.1, -0.05) is 30.3 Å². The number of rotatable bonds is 5. The van der Waals surface area contributed by atoms with Crippen molar-refractivity contribution in [2.45, 2.75) is 37.8 Å². The number of likely N-dealkylation sites (tertiary alicyclic amines) is 1. The predicted molar refractivity (Wildman–Crippen MR) is 86.7 cm³/mol. The Labute approximate surface area is 137 Å². The Hall–Kier alpha value is -1.88. The highest BCUT2D eigenvalue weighted by Gasteiger charge is 2.35. The molecular formula is C18H24N2O3. The number of ether oxygens (including phenoxy) is 1. The second-order valence-corrected chi connectivity index (χ2v) is 6.43. The molecule has 3 rings (SSSR count). The number of piperidine rings is 1. The molecule has 1 aromatic carbocycles. The fourth-order valence-corrected chi connectivity index (χ4v) is 3.23. The summed E-state index contributed by atoms with van der Waals surface area (Å²) in [6, 6.07) is 9.98. The molecule has 1 aromatic rings. The third-order valence-corrected chi connectivity index (χ3v) is 4.72. The molecule has 1 heterocycles. The van der Waals surface area contributed by atoms with Crippen molar-refractivity contribution in [1.82, 2.24) is 10.2 Å². The Morgan fingerprint density at radius 2 is 1.78 bits per heavy atom. The number of hydrogen-bond donors (Lipinski definition) is 1. The van der Waals surface area contributed by atoms with Crippen molar-refractivity contribution >= 4 is 11.9 Å². The highest BCUT2D eigenvalue weighted by atomic mass is 16.5. The van der Waals surface area contributed by atoms with Crippen molar-refractivity contribution in [3.63, 3.8) is 0 Å². The number of carbonyl (C=O) groups excluding carboxylic acids is 2. The van der Waals surface area contributed by atoms with E-state index in [0.717, 1.165) is 44.3 Å². The van der Waals surface area contributed by atoms with Crippen LogP contribution in [-0.4, -0.2) is 43.0 Å². The molecule has 1 aliphatic carbocycles. The fraction of sp³-hybridized carbons (Fsp3) is 0.556. The van der Waals surface area contributed by atoms with Gasteiger partial charge in [0.15, 0.2) is 0 Å². The maximum atomic E-state index is 12.7. The third kappa shape index (κ3) is 3.91. The highest BCUT2D eigenvalue weighted by Crippen LogP contribution is 2.29. The van der Waals surface area contributed by atoms with Crippen molar-refractivity contribution in [3.05, 3.63) is 35.9 Å². The van der Waals surface area contributed by atoms with Crippen LogP contribution in [0.3, 0.4) is 0 Å². The second-order valence-electron chi connectivity index (χ2n) is 6.43. The Balaban J connectivity index is 1.71. The summed E-state index contributed by atoms with van der Waals surface area (Å²) in [5.74, 6) is -0.0993. The van der Waals surface area contributed by atoms with E-state index < -0.39 is 0 Å². The van der Waals surface area contributed by atoms with E-state index in [1.807, 2.05) is 30.3 Å². The molecule has 2 aliphatic rings. The molecule has 1 atom stereocenters. The maximum absolute atomic E-state index is 12.7. The Morgan fingerprint density at radius 3 is 2.35 bits per heavy atom. The fourth-order valence-electron chi connectivity index (χ4n) is 3.23. The molecule has 0 bridgehead atoms. The van der Waals surface area contributed by atoms with Crippen LogP contribution in [0.15, 0.2) is 30.3 Å². The van der Waals surface area contributed by atoms with Crippen LogP contribution in [0, 0.1) is 5.92 Å². The molecule has 1 aliphatic heterocycles. The van der Waals surface area contributed by atoms with Gasteiger partial charge in [-0.25, -0.2) is 0 Å². The lowest BCUT2D eigenvalue weighted by molar-refractivity contribution is -0.147. The van der Waals surface area contributed by atoms with Crippen LogP contribution in [-0.2, 0) is 14.3 Å². The quantitative estimate of drug-likeness (QED) is 0.843. The molecule has 124 valence electrons. The van der Waals surface area contributed by atoms with Gasteiger partial charge in [0.1, 0.15) is 6.04 Å². The first-order valence-electron chi connectivity index (χ1n) is 8.36. The zero-order chi connectivity index (χ0) is 16.2. The summed E-state index contributed by atoms with van der Waals surface area (Å²) in [5.41, 5.74) is 1.02. The standard InChI is InChI=1S/C18H24N2O3/c1-23-18(22)14-9-11-20(12-10-14)16(13-5-3-2-4-6-13)17(21)19-15-7-8-15/h2-6,14-16H,7-12H2,1H3,(H,19,21). The summed E-state index contributed by atoms with van der Waals surface area (Å²) < 4.78 is 4.84. The van der Waals surface area contributed by atoms with E-state index in [-0.39, 0.29) is 23.8 Å². The zero-order valence-corrected chi connectivity index (χ0v) is 13.5. The summed E-state index contributed by atoms with van der Waals surface area (Å²) in [7, 11) is 1.44. The van der Waals surface area contributed by atoms with Gasteiger partial charge in [-0.05, 0) is 31.2 Å². The second kappa shape index (κ2) is 7.13. The molecule has 5 nitrogen and oxygen atoms in total. The van der Waals surface area contributed by atoms with E-state index in [2.05, 4.69) is 10.2 Å². The molecule has 1 saturated carbocycles. The van der Waals surface area contributed by atoms with Gasteiger partial charge in [0.25, 0.3) is 0 Å². The number of methoxy groups -OCH3 is 1. The molecule has 1 N–H and O–H groups in total. The van der Waals surface area contributed by atoms with E-state index >= 15 is 0 Å². The monoisotopic (exact) mass is 316 g/mol. The lowest BCUT2D eigenvalue weighted by atomic mass is 9.94. The van der Waals surface area contributed by atoms with Crippen molar-refractivity contribution in [2.24, 2.45) is 5.92 Å². The molecule has 0 spiro atoms. The summed E-state index contributed by atoms with van der Waals surface area (Å²) in [6.07, 6.45) is 3.65. The van der Waals surface area contributed by atoms with Crippen LogP contribution in [0.25, 0.3) is 0 Å². The largest absolute Gasteiger partial charge is 0.469 e. The van der Waals surface area contributed by atoms with Crippen LogP contribution in [0.5, 0.6) is 0 Å². The first-order chi connectivity index (χ1) is 11.2. The Kier molecular flexibility index (Phi) is 4.96. The van der Waals surface area contributed by atoms with Gasteiger partial charge in [-0.2, -0.15) is 0 Å². The van der Waals surface area contributed by atoms with E-state index in [0.29, 0.717) is 6.04 Å². The van der Waals surface area contributed by atoms with E-state index in [1.165, 1.54) is 7.11 Å². The third-order valence-electron chi connectivity index (χ3n) is 4.72. The van der Waals surface area contributed by atoms with E-state index in [4.69, 9.17) is 4.74 Å². The number of carbonyl (C=O) groups is 2. The van der Waals surface area contributed by atoms with Crippen LogP contribution in [0.1, 0.15) is 37.3 Å². The normalized spacial score (nSPS) is 20.7. The van der Waals surface area contributed by atoms with Crippen molar-refractivity contribution < 1.29 is 14.3 Å². The SMILES string of the molecule is COC(=O)C1CCN(C(C(=O)NC2CC2)c2ccccc2)CC1. The molecule has 0 radical (unpaired) electrons. The molecule has 1 saturated heterocycles. The van der Waals surface area contributed by atoms with Gasteiger partial charge in [-0.15, -0.1) is 0 Å². The molecular weight excluding hydrogens is 292 g/mol. The van der Waals surface area contributed by atoms with Crippen LogP contribution < -0.4 is 5.32 Å². The highest BCUT2D eigenvalue weighted by molar-refractivity contribution is 5.83. The molecule has 0 aromatic heterocycles. The first-order valence-corrected chi connectivity index (χ1v) is 8.36. The summed E-state index contributed by atoms with van der Waals surface area (Å²) in [4.78, 5) is 26.6. The van der Waals surface area contributed by atoms with Gasteiger partial charge >= 0.3 is 5.97 Å². The summed E-state index contributed by atoms with van der Waals surface area (Å²) in [5, 5.41) is 3.12. The number of benzene rings is 1. The van der Waals surface area contributed by atoms with E-state index in [9.17, 15) is 9.59 Å². The van der Waals surface area contributed by atoms with Gasteiger partial charge < -0.3 is 10.1 Å². The number of amides is 1. The predicted octanol–water partition coefficient (Wildman–Crippen LogP) is 1.89. The zero-order valence-electron chi connectivity index (χ0n) is 13.5. The smallest absolute Gasteiger partial charge is 0.308 e. The van der Waals surface area contributed by atoms with Gasteiger partial charge in [0.2, 0.25) is 5.91 Å². The molecule has 1 unspecified atom stereocenters. The Bertz CT molecular complexity index is 549. The first kappa shape index (κ1) is 16.0. The lowest BCUT2D eigenvalue weighted by Crippen LogP contribution is -2.45. The number of esters is 1. The maximum Gasteiger partial charge on any atom is 0.308 e. The summed E-state index contributed by atoms with van der Waals surface area (Å²) >= 11 is 0. The van der Waals surface area contributed by atoms with Crippen LogP contribution in [0.2, 0.25) is 0 Å². The Morgan fingerprint density at radius 1 is 1.13 bits per heavy atom.